The lowest BCUT2D eigenvalue weighted by molar-refractivity contribution is -0.122. The van der Waals surface area contributed by atoms with Gasteiger partial charge < -0.3 is 9.67 Å². The molecule has 0 aliphatic carbocycles. The number of hydrogen-bond donors (Lipinski definition) is 2. The van der Waals surface area contributed by atoms with Gasteiger partial charge in [-0.3, -0.25) is 14.9 Å². The summed E-state index contributed by atoms with van der Waals surface area (Å²) in [4.78, 5) is 49.7. The zero-order valence-electron chi connectivity index (χ0n) is 17.9. The summed E-state index contributed by atoms with van der Waals surface area (Å²) >= 11 is 6.11. The molecule has 2 N–H and O–H groups in total. The van der Waals surface area contributed by atoms with E-state index in [4.69, 9.17) is 11.6 Å². The quantitative estimate of drug-likeness (QED) is 0.427. The molecular formula is C24H17ClFN3O5. The average Bonchev–Trinajstić information content (AvgIpc) is 3.04. The first-order valence-electron chi connectivity index (χ1n) is 9.98. The molecule has 1 fully saturated rings. The summed E-state index contributed by atoms with van der Waals surface area (Å²) in [6.07, 6.45) is 1.32. The Balaban J connectivity index is 1.77. The third-order valence-electron chi connectivity index (χ3n) is 5.41. The Morgan fingerprint density at radius 3 is 2.44 bits per heavy atom. The van der Waals surface area contributed by atoms with Crippen molar-refractivity contribution in [1.82, 2.24) is 9.88 Å². The molecule has 8 nitrogen and oxygen atoms in total. The number of aryl methyl sites for hydroxylation is 1. The van der Waals surface area contributed by atoms with Gasteiger partial charge in [0.15, 0.2) is 0 Å². The standard InChI is InChI=1S/C24H17ClFN3O5/c1-12-9-14(13(2)28(12)15-7-8-16(23(32)33)18(25)11-15)10-17-21(30)27-24(34)29(22(17)31)20-6-4-3-5-19(20)26/h3-11H,1-2H3,(H,32,33)(H,27,30,34). The van der Waals surface area contributed by atoms with E-state index in [0.29, 0.717) is 27.5 Å². The van der Waals surface area contributed by atoms with E-state index < -0.39 is 29.6 Å². The minimum atomic E-state index is -1.15. The Kier molecular flexibility index (Phi) is 5.80. The third-order valence-corrected chi connectivity index (χ3v) is 5.72. The van der Waals surface area contributed by atoms with Gasteiger partial charge in [0.05, 0.1) is 16.3 Å². The summed E-state index contributed by atoms with van der Waals surface area (Å²) in [6, 6.07) is 10.4. The maximum Gasteiger partial charge on any atom is 0.337 e. The molecule has 2 heterocycles. The van der Waals surface area contributed by atoms with Crippen molar-refractivity contribution in [3.8, 4) is 5.69 Å². The summed E-state index contributed by atoms with van der Waals surface area (Å²) in [5, 5.41) is 11.3. The van der Waals surface area contributed by atoms with E-state index in [1.807, 2.05) is 0 Å². The maximum absolute atomic E-state index is 14.3. The second kappa shape index (κ2) is 8.60. The van der Waals surface area contributed by atoms with E-state index in [1.54, 1.807) is 30.5 Å². The minimum Gasteiger partial charge on any atom is -0.478 e. The van der Waals surface area contributed by atoms with Crippen molar-refractivity contribution < 1.29 is 28.7 Å². The number of carboxylic acids is 1. The molecule has 1 aromatic heterocycles. The van der Waals surface area contributed by atoms with Crippen LogP contribution in [0.4, 0.5) is 14.9 Å². The van der Waals surface area contributed by atoms with Crippen LogP contribution in [-0.2, 0) is 9.59 Å². The van der Waals surface area contributed by atoms with Gasteiger partial charge in [-0.15, -0.1) is 0 Å². The fraction of sp³-hybridized carbons (Fsp3) is 0.0833. The number of benzene rings is 2. The van der Waals surface area contributed by atoms with E-state index in [1.165, 1.54) is 36.4 Å². The topological polar surface area (TPSA) is 109 Å². The molecule has 0 bridgehead atoms. The highest BCUT2D eigenvalue weighted by Gasteiger charge is 2.38. The van der Waals surface area contributed by atoms with Crippen LogP contribution in [0.3, 0.4) is 0 Å². The number of carboxylic acid groups (broad SMARTS) is 1. The summed E-state index contributed by atoms with van der Waals surface area (Å²) < 4.78 is 16.0. The van der Waals surface area contributed by atoms with Crippen LogP contribution in [0.15, 0.2) is 54.1 Å². The lowest BCUT2D eigenvalue weighted by Crippen LogP contribution is -2.54. The normalized spacial score (nSPS) is 15.1. The predicted octanol–water partition coefficient (Wildman–Crippen LogP) is 4.25. The highest BCUT2D eigenvalue weighted by molar-refractivity contribution is 6.39. The van der Waals surface area contributed by atoms with E-state index in [-0.39, 0.29) is 21.8 Å². The Bertz CT molecular complexity index is 1430. The van der Waals surface area contributed by atoms with Gasteiger partial charge in [0.25, 0.3) is 11.8 Å². The molecule has 1 saturated heterocycles. The smallest absolute Gasteiger partial charge is 0.337 e. The molecule has 1 aliphatic heterocycles. The molecule has 0 unspecified atom stereocenters. The Labute approximate surface area is 197 Å². The number of anilines is 1. The van der Waals surface area contributed by atoms with Gasteiger partial charge in [-0.25, -0.2) is 18.9 Å². The van der Waals surface area contributed by atoms with Crippen LogP contribution in [-0.4, -0.2) is 33.5 Å². The van der Waals surface area contributed by atoms with Crippen LogP contribution in [0.2, 0.25) is 5.02 Å². The van der Waals surface area contributed by atoms with E-state index in [9.17, 15) is 28.7 Å². The second-order valence-electron chi connectivity index (χ2n) is 7.54. The van der Waals surface area contributed by atoms with Crippen LogP contribution < -0.4 is 10.2 Å². The van der Waals surface area contributed by atoms with Gasteiger partial charge in [-0.1, -0.05) is 23.7 Å². The molecule has 0 spiro atoms. The van der Waals surface area contributed by atoms with Crippen molar-refractivity contribution in [2.24, 2.45) is 0 Å². The first-order chi connectivity index (χ1) is 16.1. The molecule has 0 saturated carbocycles. The van der Waals surface area contributed by atoms with E-state index in [2.05, 4.69) is 5.32 Å². The molecule has 172 valence electrons. The number of hydrogen-bond acceptors (Lipinski definition) is 4. The number of rotatable bonds is 4. The molecule has 2 aromatic carbocycles. The summed E-state index contributed by atoms with van der Waals surface area (Å²) in [5.41, 5.74) is 1.75. The van der Waals surface area contributed by atoms with Crippen molar-refractivity contribution in [2.45, 2.75) is 13.8 Å². The number of imide groups is 2. The number of amides is 4. The molecule has 4 rings (SSSR count). The number of aromatic carboxylic acids is 1. The van der Waals surface area contributed by atoms with Crippen molar-refractivity contribution in [1.29, 1.82) is 0 Å². The van der Waals surface area contributed by atoms with Crippen LogP contribution in [0.25, 0.3) is 11.8 Å². The van der Waals surface area contributed by atoms with Crippen LogP contribution in [0, 0.1) is 19.7 Å². The van der Waals surface area contributed by atoms with Gasteiger partial charge >= 0.3 is 12.0 Å². The van der Waals surface area contributed by atoms with Crippen LogP contribution in [0.5, 0.6) is 0 Å². The predicted molar refractivity (Wildman–Crippen MR) is 123 cm³/mol. The fourth-order valence-corrected chi connectivity index (χ4v) is 4.07. The first-order valence-corrected chi connectivity index (χ1v) is 10.4. The fourth-order valence-electron chi connectivity index (χ4n) is 3.81. The van der Waals surface area contributed by atoms with E-state index in [0.717, 1.165) is 6.07 Å². The number of halogens is 2. The number of carbonyl (C=O) groups excluding carboxylic acids is 3. The molecule has 4 amide bonds. The summed E-state index contributed by atoms with van der Waals surface area (Å²) in [6.45, 7) is 3.52. The Morgan fingerprint density at radius 2 is 1.79 bits per heavy atom. The average molecular weight is 482 g/mol. The Hall–Kier alpha value is -4.24. The van der Waals surface area contributed by atoms with Crippen LogP contribution in [0.1, 0.15) is 27.3 Å². The molecule has 1 aliphatic rings. The van der Waals surface area contributed by atoms with Crippen molar-refractivity contribution in [3.05, 3.63) is 87.5 Å². The van der Waals surface area contributed by atoms with Gasteiger partial charge in [0, 0.05) is 17.1 Å². The van der Waals surface area contributed by atoms with Gasteiger partial charge in [0.2, 0.25) is 0 Å². The largest absolute Gasteiger partial charge is 0.478 e. The SMILES string of the molecule is Cc1cc(C=C2C(=O)NC(=O)N(c3ccccc3F)C2=O)c(C)n1-c1ccc(C(=O)O)c(Cl)c1. The number of nitrogens with zero attached hydrogens (tertiary/aromatic N) is 2. The highest BCUT2D eigenvalue weighted by atomic mass is 35.5. The lowest BCUT2D eigenvalue weighted by atomic mass is 10.1. The molecule has 10 heteroatoms. The zero-order valence-corrected chi connectivity index (χ0v) is 18.7. The van der Waals surface area contributed by atoms with Crippen molar-refractivity contribution in [2.75, 3.05) is 4.90 Å². The van der Waals surface area contributed by atoms with Gasteiger partial charge in [0.1, 0.15) is 11.4 Å². The summed E-state index contributed by atoms with van der Waals surface area (Å²) in [5.74, 6) is -3.81. The highest BCUT2D eigenvalue weighted by Crippen LogP contribution is 2.28. The number of barbiturate groups is 1. The maximum atomic E-state index is 14.3. The molecule has 0 radical (unpaired) electrons. The second-order valence-corrected chi connectivity index (χ2v) is 7.95. The minimum absolute atomic E-state index is 0.0439. The number of carbonyl (C=O) groups is 4. The number of aromatic nitrogens is 1. The zero-order chi connectivity index (χ0) is 24.7. The molecule has 34 heavy (non-hydrogen) atoms. The van der Waals surface area contributed by atoms with Gasteiger partial charge in [-0.05, 0) is 61.9 Å². The van der Waals surface area contributed by atoms with Gasteiger partial charge in [-0.2, -0.15) is 0 Å². The van der Waals surface area contributed by atoms with Crippen molar-refractivity contribution in [3.63, 3.8) is 0 Å². The molecule has 3 aromatic rings. The summed E-state index contributed by atoms with van der Waals surface area (Å²) in [7, 11) is 0. The lowest BCUT2D eigenvalue weighted by Gasteiger charge is -2.26. The number of urea groups is 1. The molecular weight excluding hydrogens is 465 g/mol. The number of nitrogens with one attached hydrogen (secondary N) is 1. The van der Waals surface area contributed by atoms with Crippen LogP contribution >= 0.6 is 11.6 Å². The van der Waals surface area contributed by atoms with Crippen molar-refractivity contribution >= 4 is 47.2 Å². The number of para-hydroxylation sites is 1. The Morgan fingerprint density at radius 1 is 1.09 bits per heavy atom. The monoisotopic (exact) mass is 481 g/mol. The first kappa shape index (κ1) is 22.9. The third kappa shape index (κ3) is 3.86. The van der Waals surface area contributed by atoms with E-state index >= 15 is 0 Å². The molecule has 0 atom stereocenters.